The fourth-order valence-electron chi connectivity index (χ4n) is 0.968. The van der Waals surface area contributed by atoms with Crippen LogP contribution in [0.4, 0.5) is 0 Å². The van der Waals surface area contributed by atoms with E-state index in [4.69, 9.17) is 10.2 Å². The number of aliphatic carboxylic acids is 2. The lowest BCUT2D eigenvalue weighted by atomic mass is 10.2. The SMILES string of the molecule is CCOC(=O)CC(C)=O.O=C(O)CCCCC(=O)O. The van der Waals surface area contributed by atoms with Crippen LogP contribution in [0.25, 0.3) is 0 Å². The van der Waals surface area contributed by atoms with Crippen LogP contribution in [0.1, 0.15) is 46.0 Å². The number of carbonyl (C=O) groups is 4. The second kappa shape index (κ2) is 12.5. The van der Waals surface area contributed by atoms with Gasteiger partial charge in [-0.05, 0) is 26.7 Å². The van der Waals surface area contributed by atoms with Crippen molar-refractivity contribution in [3.63, 3.8) is 0 Å². The highest BCUT2D eigenvalue weighted by Gasteiger charge is 2.03. The third-order valence-electron chi connectivity index (χ3n) is 1.73. The highest BCUT2D eigenvalue weighted by atomic mass is 16.5. The van der Waals surface area contributed by atoms with Crippen LogP contribution in [-0.2, 0) is 23.9 Å². The molecule has 0 saturated heterocycles. The second-order valence-corrected chi connectivity index (χ2v) is 3.68. The molecule has 0 aromatic rings. The van der Waals surface area contributed by atoms with Gasteiger partial charge >= 0.3 is 17.9 Å². The molecular weight excluding hydrogens is 256 g/mol. The first kappa shape index (κ1) is 19.4. The number of esters is 1. The first-order valence-electron chi connectivity index (χ1n) is 5.88. The van der Waals surface area contributed by atoms with Crippen molar-refractivity contribution in [3.05, 3.63) is 0 Å². The lowest BCUT2D eigenvalue weighted by Crippen LogP contribution is -2.07. The van der Waals surface area contributed by atoms with Gasteiger partial charge in [0.1, 0.15) is 12.2 Å². The quantitative estimate of drug-likeness (QED) is 0.389. The van der Waals surface area contributed by atoms with Crippen LogP contribution in [0.2, 0.25) is 0 Å². The standard InChI is InChI=1S/C6H10O4.C6H10O3/c7-5(8)3-1-2-4-6(9)10;1-3-9-6(8)4-5(2)7/h1-4H2,(H,7,8)(H,9,10);3-4H2,1-2H3. The summed E-state index contributed by atoms with van der Waals surface area (Å²) < 4.78 is 4.49. The van der Waals surface area contributed by atoms with Crippen LogP contribution in [0.15, 0.2) is 0 Å². The number of carboxylic acids is 2. The molecule has 0 heterocycles. The van der Waals surface area contributed by atoms with Crippen molar-refractivity contribution in [3.8, 4) is 0 Å². The summed E-state index contributed by atoms with van der Waals surface area (Å²) in [7, 11) is 0. The number of ketones is 1. The lowest BCUT2D eigenvalue weighted by molar-refractivity contribution is -0.145. The summed E-state index contributed by atoms with van der Waals surface area (Å²) in [6, 6.07) is 0. The Labute approximate surface area is 111 Å². The molecule has 0 amide bonds. The largest absolute Gasteiger partial charge is 0.481 e. The summed E-state index contributed by atoms with van der Waals surface area (Å²) in [5.74, 6) is -2.34. The second-order valence-electron chi connectivity index (χ2n) is 3.68. The molecule has 0 aromatic heterocycles. The van der Waals surface area contributed by atoms with E-state index in [9.17, 15) is 19.2 Å². The molecule has 0 aliphatic heterocycles. The minimum atomic E-state index is -0.870. The Bertz CT molecular complexity index is 293. The van der Waals surface area contributed by atoms with Gasteiger partial charge in [-0.2, -0.15) is 0 Å². The zero-order valence-electron chi connectivity index (χ0n) is 11.2. The zero-order chi connectivity index (χ0) is 15.3. The summed E-state index contributed by atoms with van der Waals surface area (Å²) in [6.45, 7) is 3.40. The van der Waals surface area contributed by atoms with E-state index in [0.717, 1.165) is 0 Å². The maximum absolute atomic E-state index is 10.4. The molecule has 19 heavy (non-hydrogen) atoms. The molecule has 0 unspecified atom stereocenters. The Morgan fingerprint density at radius 2 is 1.37 bits per heavy atom. The number of carbonyl (C=O) groups excluding carboxylic acids is 2. The summed E-state index contributed by atoms with van der Waals surface area (Å²) in [4.78, 5) is 40.4. The topological polar surface area (TPSA) is 118 Å². The van der Waals surface area contributed by atoms with Crippen LogP contribution in [0.3, 0.4) is 0 Å². The van der Waals surface area contributed by atoms with Gasteiger partial charge in [0.25, 0.3) is 0 Å². The van der Waals surface area contributed by atoms with E-state index >= 15 is 0 Å². The maximum Gasteiger partial charge on any atom is 0.313 e. The molecule has 0 aromatic carbocycles. The van der Waals surface area contributed by atoms with Crippen LogP contribution in [0.5, 0.6) is 0 Å². The van der Waals surface area contributed by atoms with Gasteiger partial charge in [-0.3, -0.25) is 19.2 Å². The number of unbranched alkanes of at least 4 members (excludes halogenated alkanes) is 1. The van der Waals surface area contributed by atoms with Crippen molar-refractivity contribution in [1.82, 2.24) is 0 Å². The Kier molecular flexibility index (Phi) is 12.8. The van der Waals surface area contributed by atoms with Gasteiger partial charge < -0.3 is 14.9 Å². The Hall–Kier alpha value is -1.92. The number of rotatable bonds is 8. The van der Waals surface area contributed by atoms with Crippen molar-refractivity contribution in [2.45, 2.75) is 46.0 Å². The summed E-state index contributed by atoms with van der Waals surface area (Å²) >= 11 is 0. The molecule has 0 bridgehead atoms. The highest BCUT2D eigenvalue weighted by molar-refractivity contribution is 5.94. The minimum absolute atomic E-state index is 0.0628. The molecule has 0 saturated carbocycles. The first-order valence-corrected chi connectivity index (χ1v) is 5.88. The minimum Gasteiger partial charge on any atom is -0.481 e. The van der Waals surface area contributed by atoms with Gasteiger partial charge in [0, 0.05) is 12.8 Å². The monoisotopic (exact) mass is 276 g/mol. The first-order chi connectivity index (χ1) is 8.79. The zero-order valence-corrected chi connectivity index (χ0v) is 11.2. The van der Waals surface area contributed by atoms with E-state index in [1.165, 1.54) is 6.92 Å². The van der Waals surface area contributed by atoms with E-state index in [1.54, 1.807) is 6.92 Å². The molecule has 0 aliphatic carbocycles. The smallest absolute Gasteiger partial charge is 0.313 e. The van der Waals surface area contributed by atoms with Gasteiger partial charge in [0.15, 0.2) is 0 Å². The van der Waals surface area contributed by atoms with Crippen molar-refractivity contribution >= 4 is 23.7 Å². The van der Waals surface area contributed by atoms with Crippen molar-refractivity contribution < 1.29 is 34.1 Å². The average Bonchev–Trinajstić information content (AvgIpc) is 2.24. The van der Waals surface area contributed by atoms with E-state index in [0.29, 0.717) is 19.4 Å². The maximum atomic E-state index is 10.4. The highest BCUT2D eigenvalue weighted by Crippen LogP contribution is 1.98. The Morgan fingerprint density at radius 3 is 1.63 bits per heavy atom. The molecule has 0 aliphatic rings. The average molecular weight is 276 g/mol. The normalized spacial score (nSPS) is 8.95. The van der Waals surface area contributed by atoms with Crippen molar-refractivity contribution in [1.29, 1.82) is 0 Å². The molecule has 0 radical (unpaired) electrons. The number of Topliss-reactive ketones (excluding diaryl/α,β-unsaturated/α-hetero) is 1. The van der Waals surface area contributed by atoms with E-state index in [2.05, 4.69) is 4.74 Å². The number of hydrogen-bond acceptors (Lipinski definition) is 5. The predicted molar refractivity (Wildman–Crippen MR) is 65.7 cm³/mol. The van der Waals surface area contributed by atoms with Crippen molar-refractivity contribution in [2.75, 3.05) is 6.61 Å². The molecular formula is C12H20O7. The van der Waals surface area contributed by atoms with Crippen LogP contribution < -0.4 is 0 Å². The number of ether oxygens (including phenoxy) is 1. The molecule has 0 fully saturated rings. The number of carboxylic acid groups (broad SMARTS) is 2. The van der Waals surface area contributed by atoms with E-state index in [1.807, 2.05) is 0 Å². The van der Waals surface area contributed by atoms with Gasteiger partial charge in [-0.25, -0.2) is 0 Å². The lowest BCUT2D eigenvalue weighted by Gasteiger charge is -1.96. The molecule has 7 heteroatoms. The molecule has 110 valence electrons. The summed E-state index contributed by atoms with van der Waals surface area (Å²) in [6.07, 6.45) is 0.914. The Balaban J connectivity index is 0. The van der Waals surface area contributed by atoms with Crippen LogP contribution >= 0.6 is 0 Å². The van der Waals surface area contributed by atoms with Gasteiger partial charge in [0.2, 0.25) is 0 Å². The molecule has 2 N–H and O–H groups in total. The van der Waals surface area contributed by atoms with Gasteiger partial charge in [0.05, 0.1) is 6.61 Å². The Morgan fingerprint density at radius 1 is 0.947 bits per heavy atom. The third-order valence-corrected chi connectivity index (χ3v) is 1.73. The van der Waals surface area contributed by atoms with Crippen molar-refractivity contribution in [2.24, 2.45) is 0 Å². The fraction of sp³-hybridized carbons (Fsp3) is 0.667. The predicted octanol–water partition coefficient (Wildman–Crippen LogP) is 1.24. The van der Waals surface area contributed by atoms with Gasteiger partial charge in [-0.1, -0.05) is 0 Å². The fourth-order valence-corrected chi connectivity index (χ4v) is 0.968. The molecule has 0 rings (SSSR count). The van der Waals surface area contributed by atoms with E-state index in [-0.39, 0.29) is 25.0 Å². The van der Waals surface area contributed by atoms with Crippen LogP contribution in [0, 0.1) is 0 Å². The van der Waals surface area contributed by atoms with Crippen LogP contribution in [-0.4, -0.2) is 40.5 Å². The third kappa shape index (κ3) is 21.8. The summed E-state index contributed by atoms with van der Waals surface area (Å²) in [5.41, 5.74) is 0. The van der Waals surface area contributed by atoms with Gasteiger partial charge in [-0.15, -0.1) is 0 Å². The summed E-state index contributed by atoms with van der Waals surface area (Å²) in [5, 5.41) is 16.3. The molecule has 7 nitrogen and oxygen atoms in total. The molecule has 0 spiro atoms. The molecule has 0 atom stereocenters. The van der Waals surface area contributed by atoms with E-state index < -0.39 is 17.9 Å². The number of hydrogen-bond donors (Lipinski definition) is 2.